The van der Waals surface area contributed by atoms with Crippen LogP contribution in [0.5, 0.6) is 0 Å². The Hall–Kier alpha value is -3.55. The van der Waals surface area contributed by atoms with Crippen molar-refractivity contribution in [2.24, 2.45) is 0 Å². The molecule has 0 saturated heterocycles. The molecule has 3 rings (SSSR count). The average molecular weight is 441 g/mol. The van der Waals surface area contributed by atoms with Gasteiger partial charge in [-0.3, -0.25) is 4.79 Å². The molecule has 32 heavy (non-hydrogen) atoms. The van der Waals surface area contributed by atoms with Gasteiger partial charge >= 0.3 is 11.9 Å². The summed E-state index contributed by atoms with van der Waals surface area (Å²) in [5.41, 5.74) is 0.101. The van der Waals surface area contributed by atoms with Crippen LogP contribution in [0.1, 0.15) is 60.9 Å². The molecule has 0 aliphatic rings. The summed E-state index contributed by atoms with van der Waals surface area (Å²) >= 11 is 0. The van der Waals surface area contributed by atoms with E-state index in [2.05, 4.69) is 5.32 Å². The van der Waals surface area contributed by atoms with E-state index in [4.69, 9.17) is 18.3 Å². The first kappa shape index (κ1) is 23.1. The van der Waals surface area contributed by atoms with E-state index >= 15 is 0 Å². The van der Waals surface area contributed by atoms with Crippen molar-refractivity contribution >= 4 is 28.8 Å². The van der Waals surface area contributed by atoms with Gasteiger partial charge in [0.25, 0.3) is 0 Å². The number of benzene rings is 1. The monoisotopic (exact) mass is 441 g/mol. The quantitative estimate of drug-likeness (QED) is 0.537. The van der Waals surface area contributed by atoms with E-state index in [1.165, 1.54) is 6.26 Å². The van der Waals surface area contributed by atoms with Crippen molar-refractivity contribution in [3.05, 3.63) is 51.4 Å². The number of aryl methyl sites for hydroxylation is 1. The topological polar surface area (TPSA) is 108 Å². The van der Waals surface area contributed by atoms with Crippen molar-refractivity contribution in [1.29, 1.82) is 0 Å². The molecule has 0 atom stereocenters. The summed E-state index contributed by atoms with van der Waals surface area (Å²) in [7, 11) is 0. The highest BCUT2D eigenvalue weighted by Crippen LogP contribution is 2.37. The Morgan fingerprint density at radius 1 is 1.03 bits per heavy atom. The largest absolute Gasteiger partial charge is 0.463 e. The van der Waals surface area contributed by atoms with Gasteiger partial charge in [0.05, 0.1) is 18.6 Å². The lowest BCUT2D eigenvalue weighted by Crippen LogP contribution is -2.27. The lowest BCUT2D eigenvalue weighted by atomic mass is 10.0. The molecule has 1 aromatic carbocycles. The van der Waals surface area contributed by atoms with Crippen LogP contribution in [0.2, 0.25) is 0 Å². The second kappa shape index (κ2) is 8.90. The van der Waals surface area contributed by atoms with Gasteiger partial charge in [-0.25, -0.2) is 9.59 Å². The van der Waals surface area contributed by atoms with E-state index in [1.54, 1.807) is 32.0 Å². The molecule has 0 spiro atoms. The third-order valence-electron chi connectivity index (χ3n) is 4.53. The Morgan fingerprint density at radius 2 is 1.66 bits per heavy atom. The van der Waals surface area contributed by atoms with Gasteiger partial charge in [-0.2, -0.15) is 0 Å². The number of rotatable bonds is 6. The minimum atomic E-state index is -0.806. The van der Waals surface area contributed by atoms with Gasteiger partial charge in [0.2, 0.25) is 11.3 Å². The number of fused-ring (bicyclic) bond motifs is 1. The minimum absolute atomic E-state index is 0.00286. The molecule has 2 heterocycles. The molecule has 8 heteroatoms. The Morgan fingerprint density at radius 3 is 2.25 bits per heavy atom. The number of carbonyl (C=O) groups is 2. The van der Waals surface area contributed by atoms with Gasteiger partial charge in [-0.15, -0.1) is 0 Å². The van der Waals surface area contributed by atoms with Gasteiger partial charge in [-0.1, -0.05) is 6.07 Å². The highest BCUT2D eigenvalue weighted by Gasteiger charge is 2.35. The fourth-order valence-electron chi connectivity index (χ4n) is 3.24. The summed E-state index contributed by atoms with van der Waals surface area (Å²) in [4.78, 5) is 39.0. The van der Waals surface area contributed by atoms with Gasteiger partial charge in [0.1, 0.15) is 28.5 Å². The van der Waals surface area contributed by atoms with Gasteiger partial charge in [-0.05, 0) is 59.2 Å². The van der Waals surface area contributed by atoms with E-state index in [-0.39, 0.29) is 41.5 Å². The van der Waals surface area contributed by atoms with Crippen molar-refractivity contribution < 1.29 is 27.9 Å². The predicted octanol–water partition coefficient (Wildman–Crippen LogP) is 4.93. The van der Waals surface area contributed by atoms with E-state index in [9.17, 15) is 14.4 Å². The predicted molar refractivity (Wildman–Crippen MR) is 120 cm³/mol. The molecule has 8 nitrogen and oxygen atoms in total. The second-order valence-electron chi connectivity index (χ2n) is 8.30. The Labute approximate surface area is 185 Å². The third kappa shape index (κ3) is 4.54. The van der Waals surface area contributed by atoms with Crippen LogP contribution < -0.4 is 10.7 Å². The fraction of sp³-hybridized carbons (Fsp3) is 0.375. The third-order valence-corrected chi connectivity index (χ3v) is 4.53. The summed E-state index contributed by atoms with van der Waals surface area (Å²) in [6.45, 7) is 10.9. The molecular weight excluding hydrogens is 414 g/mol. The number of hydrogen-bond donors (Lipinski definition) is 1. The summed E-state index contributed by atoms with van der Waals surface area (Å²) in [5, 5.41) is 3.39. The highest BCUT2D eigenvalue weighted by atomic mass is 16.5. The first-order chi connectivity index (χ1) is 15.1. The summed E-state index contributed by atoms with van der Waals surface area (Å²) < 4.78 is 21.9. The minimum Gasteiger partial charge on any atom is -0.463 e. The van der Waals surface area contributed by atoms with Crippen molar-refractivity contribution in [2.45, 2.75) is 47.1 Å². The lowest BCUT2D eigenvalue weighted by molar-refractivity contribution is 0.0481. The van der Waals surface area contributed by atoms with Crippen LogP contribution in [0.4, 0.5) is 5.88 Å². The van der Waals surface area contributed by atoms with Crippen molar-refractivity contribution in [1.82, 2.24) is 0 Å². The average Bonchev–Trinajstić information content (AvgIpc) is 3.05. The van der Waals surface area contributed by atoms with Crippen LogP contribution >= 0.6 is 0 Å². The van der Waals surface area contributed by atoms with Crippen LogP contribution in [-0.4, -0.2) is 30.7 Å². The van der Waals surface area contributed by atoms with E-state index in [0.29, 0.717) is 11.0 Å². The van der Waals surface area contributed by atoms with Gasteiger partial charge < -0.3 is 23.6 Å². The maximum atomic E-state index is 13.3. The van der Waals surface area contributed by atoms with Crippen molar-refractivity contribution in [2.75, 3.05) is 18.5 Å². The number of esters is 2. The summed E-state index contributed by atoms with van der Waals surface area (Å²) in [6.07, 6.45) is 1.22. The summed E-state index contributed by atoms with van der Waals surface area (Å²) in [6, 6.07) is 5.17. The Balaban J connectivity index is 2.35. The molecule has 0 bridgehead atoms. The number of anilines is 1. The molecule has 0 amide bonds. The smallest absolute Gasteiger partial charge is 0.344 e. The zero-order valence-corrected chi connectivity index (χ0v) is 19.1. The SMILES string of the molecule is CCOC(=O)c1c(NC(C)(C)C)oc(-c2coc3cc(C)ccc3c2=O)c1C(=O)OCC. The fourth-order valence-corrected chi connectivity index (χ4v) is 3.24. The maximum Gasteiger partial charge on any atom is 0.344 e. The molecule has 0 aliphatic carbocycles. The normalized spacial score (nSPS) is 11.4. The molecular formula is C24H27NO7. The molecule has 0 saturated carbocycles. The first-order valence-corrected chi connectivity index (χ1v) is 10.4. The highest BCUT2D eigenvalue weighted by molar-refractivity contribution is 6.10. The second-order valence-corrected chi connectivity index (χ2v) is 8.30. The van der Waals surface area contributed by atoms with E-state index in [0.717, 1.165) is 5.56 Å². The van der Waals surface area contributed by atoms with E-state index < -0.39 is 22.9 Å². The molecule has 0 radical (unpaired) electrons. The lowest BCUT2D eigenvalue weighted by Gasteiger charge is -2.20. The first-order valence-electron chi connectivity index (χ1n) is 10.4. The van der Waals surface area contributed by atoms with Crippen LogP contribution in [-0.2, 0) is 9.47 Å². The van der Waals surface area contributed by atoms with Crippen LogP contribution in [0, 0.1) is 6.92 Å². The Bertz CT molecular complexity index is 1230. The standard InChI is InChI=1S/C24H27NO7/c1-7-29-22(27)17-18(23(28)30-8-2)21(25-24(4,5)6)32-20(17)15-12-31-16-11-13(3)9-10-14(16)19(15)26/h9-12,25H,7-8H2,1-6H3. The molecule has 0 aliphatic heterocycles. The van der Waals surface area contributed by atoms with Crippen LogP contribution in [0.15, 0.2) is 38.1 Å². The zero-order valence-electron chi connectivity index (χ0n) is 19.1. The Kier molecular flexibility index (Phi) is 6.43. The zero-order chi connectivity index (χ0) is 23.6. The maximum absolute atomic E-state index is 13.3. The van der Waals surface area contributed by atoms with Gasteiger partial charge in [0.15, 0.2) is 5.76 Å². The molecule has 170 valence electrons. The number of hydrogen-bond acceptors (Lipinski definition) is 8. The number of furan rings is 1. The van der Waals surface area contributed by atoms with Gasteiger partial charge in [0, 0.05) is 5.54 Å². The number of carbonyl (C=O) groups excluding carboxylic acids is 2. The molecule has 0 unspecified atom stereocenters. The summed E-state index contributed by atoms with van der Waals surface area (Å²) in [5.74, 6) is -1.68. The van der Waals surface area contributed by atoms with Crippen molar-refractivity contribution in [3.8, 4) is 11.3 Å². The molecule has 0 fully saturated rings. The molecule has 1 N–H and O–H groups in total. The number of nitrogens with one attached hydrogen (secondary N) is 1. The van der Waals surface area contributed by atoms with Crippen LogP contribution in [0.3, 0.4) is 0 Å². The molecule has 3 aromatic rings. The van der Waals surface area contributed by atoms with E-state index in [1.807, 2.05) is 27.7 Å². The van der Waals surface area contributed by atoms with Crippen LogP contribution in [0.25, 0.3) is 22.3 Å². The number of ether oxygens (including phenoxy) is 2. The molecule has 2 aromatic heterocycles. The van der Waals surface area contributed by atoms with Crippen molar-refractivity contribution in [3.63, 3.8) is 0 Å².